The Balaban J connectivity index is 1.69. The van der Waals surface area contributed by atoms with Gasteiger partial charge in [0.1, 0.15) is 5.75 Å². The Morgan fingerprint density at radius 3 is 3.04 bits per heavy atom. The lowest BCUT2D eigenvalue weighted by Crippen LogP contribution is -2.16. The summed E-state index contributed by atoms with van der Waals surface area (Å²) in [6, 6.07) is 5.52. The Hall–Kier alpha value is -2.81. The molecule has 3 aromatic rings. The van der Waals surface area contributed by atoms with E-state index in [9.17, 15) is 9.59 Å². The van der Waals surface area contributed by atoms with Crippen molar-refractivity contribution in [3.8, 4) is 5.75 Å². The summed E-state index contributed by atoms with van der Waals surface area (Å²) in [6.45, 7) is 1.93. The predicted octanol–water partition coefficient (Wildman–Crippen LogP) is 1.69. The van der Waals surface area contributed by atoms with Gasteiger partial charge in [0.15, 0.2) is 16.3 Å². The number of hydrogen-bond acceptors (Lipinski definition) is 6. The monoisotopic (exact) mass is 345 g/mol. The fourth-order valence-corrected chi connectivity index (χ4v) is 2.79. The van der Waals surface area contributed by atoms with E-state index in [-0.39, 0.29) is 17.2 Å². The minimum absolute atomic E-state index is 0.0932. The average Bonchev–Trinajstić information content (AvgIpc) is 3.02. The van der Waals surface area contributed by atoms with Crippen molar-refractivity contribution in [1.82, 2.24) is 19.9 Å². The second-order valence-corrected chi connectivity index (χ2v) is 5.98. The van der Waals surface area contributed by atoms with Crippen LogP contribution in [-0.2, 0) is 4.79 Å². The number of hydrogen-bond donors (Lipinski definition) is 3. The molecule has 0 saturated carbocycles. The molecule has 2 heterocycles. The lowest BCUT2D eigenvalue weighted by atomic mass is 10.2. The summed E-state index contributed by atoms with van der Waals surface area (Å²) in [5, 5.41) is 3.13. The number of imidazole rings is 1. The number of amides is 1. The molecule has 0 bridgehead atoms. The van der Waals surface area contributed by atoms with Crippen LogP contribution in [0.5, 0.6) is 5.75 Å². The lowest BCUT2D eigenvalue weighted by molar-refractivity contribution is -0.113. The number of fused-ring (bicyclic) bond motifs is 1. The molecule has 1 amide bonds. The summed E-state index contributed by atoms with van der Waals surface area (Å²) in [5.74, 6) is 0.452. The number of thioether (sulfide) groups is 1. The Kier molecular flexibility index (Phi) is 4.52. The molecule has 124 valence electrons. The zero-order chi connectivity index (χ0) is 17.1. The smallest absolute Gasteiger partial charge is 0.277 e. The van der Waals surface area contributed by atoms with Crippen molar-refractivity contribution < 1.29 is 9.53 Å². The third kappa shape index (κ3) is 3.40. The van der Waals surface area contributed by atoms with Gasteiger partial charge in [-0.1, -0.05) is 17.8 Å². The fraction of sp³-hybridized carbons (Fsp3) is 0.200. The van der Waals surface area contributed by atoms with Gasteiger partial charge in [-0.2, -0.15) is 0 Å². The number of nitrogens with one attached hydrogen (secondary N) is 3. The number of benzene rings is 1. The second kappa shape index (κ2) is 6.75. The van der Waals surface area contributed by atoms with Crippen LogP contribution >= 0.6 is 11.8 Å². The van der Waals surface area contributed by atoms with Gasteiger partial charge in [-0.15, -0.1) is 0 Å². The first kappa shape index (κ1) is 16.1. The van der Waals surface area contributed by atoms with E-state index < -0.39 is 0 Å². The summed E-state index contributed by atoms with van der Waals surface area (Å²) >= 11 is 1.12. The molecular formula is C15H15N5O3S. The number of carbonyl (C=O) groups excluding carboxylic acids is 1. The largest absolute Gasteiger partial charge is 0.495 e. The van der Waals surface area contributed by atoms with Crippen molar-refractivity contribution in [2.75, 3.05) is 18.2 Å². The van der Waals surface area contributed by atoms with Gasteiger partial charge in [0.05, 0.1) is 24.9 Å². The van der Waals surface area contributed by atoms with Crippen LogP contribution < -0.4 is 15.6 Å². The fourth-order valence-electron chi connectivity index (χ4n) is 2.13. The average molecular weight is 345 g/mol. The molecule has 3 rings (SSSR count). The summed E-state index contributed by atoms with van der Waals surface area (Å²) in [7, 11) is 1.54. The van der Waals surface area contributed by atoms with E-state index in [0.29, 0.717) is 27.8 Å². The van der Waals surface area contributed by atoms with Crippen molar-refractivity contribution in [2.24, 2.45) is 0 Å². The van der Waals surface area contributed by atoms with Gasteiger partial charge >= 0.3 is 0 Å². The van der Waals surface area contributed by atoms with Crippen LogP contribution in [0.3, 0.4) is 0 Å². The minimum Gasteiger partial charge on any atom is -0.495 e. The van der Waals surface area contributed by atoms with E-state index in [0.717, 1.165) is 17.3 Å². The van der Waals surface area contributed by atoms with Gasteiger partial charge in [0.25, 0.3) is 5.56 Å². The van der Waals surface area contributed by atoms with Crippen LogP contribution in [0.2, 0.25) is 0 Å². The van der Waals surface area contributed by atoms with E-state index in [1.807, 2.05) is 19.1 Å². The number of H-pyrrole nitrogens is 2. The molecule has 0 fully saturated rings. The quantitative estimate of drug-likeness (QED) is 0.479. The first-order valence-electron chi connectivity index (χ1n) is 7.07. The number of aryl methyl sites for hydroxylation is 1. The molecule has 0 aliphatic rings. The Morgan fingerprint density at radius 2 is 2.25 bits per heavy atom. The molecule has 2 aromatic heterocycles. The molecule has 0 radical (unpaired) electrons. The molecule has 0 spiro atoms. The maximum absolute atomic E-state index is 12.1. The van der Waals surface area contributed by atoms with Crippen LogP contribution in [0.25, 0.3) is 11.2 Å². The third-order valence-electron chi connectivity index (χ3n) is 3.24. The van der Waals surface area contributed by atoms with Gasteiger partial charge in [-0.25, -0.2) is 9.97 Å². The van der Waals surface area contributed by atoms with Gasteiger partial charge in [-0.05, 0) is 24.6 Å². The normalized spacial score (nSPS) is 10.8. The van der Waals surface area contributed by atoms with E-state index in [1.54, 1.807) is 13.2 Å². The van der Waals surface area contributed by atoms with Gasteiger partial charge < -0.3 is 15.0 Å². The minimum atomic E-state index is -0.319. The number of anilines is 1. The highest BCUT2D eigenvalue weighted by molar-refractivity contribution is 7.99. The van der Waals surface area contributed by atoms with E-state index in [2.05, 4.69) is 25.3 Å². The number of nitrogens with zero attached hydrogens (tertiary/aromatic N) is 2. The van der Waals surface area contributed by atoms with Crippen molar-refractivity contribution in [3.05, 3.63) is 40.4 Å². The first-order chi connectivity index (χ1) is 11.6. The van der Waals surface area contributed by atoms with E-state index in [4.69, 9.17) is 4.74 Å². The first-order valence-corrected chi connectivity index (χ1v) is 8.06. The van der Waals surface area contributed by atoms with Crippen molar-refractivity contribution >= 4 is 34.5 Å². The van der Waals surface area contributed by atoms with Crippen molar-refractivity contribution in [1.29, 1.82) is 0 Å². The van der Waals surface area contributed by atoms with Crippen molar-refractivity contribution in [3.63, 3.8) is 0 Å². The number of aromatic nitrogens is 4. The van der Waals surface area contributed by atoms with E-state index in [1.165, 1.54) is 6.33 Å². The predicted molar refractivity (Wildman–Crippen MR) is 91.6 cm³/mol. The molecule has 9 heteroatoms. The van der Waals surface area contributed by atoms with Crippen LogP contribution in [0.15, 0.2) is 34.5 Å². The highest BCUT2D eigenvalue weighted by Crippen LogP contribution is 2.25. The molecule has 3 N–H and O–H groups in total. The molecule has 0 atom stereocenters. The number of carbonyl (C=O) groups is 1. The van der Waals surface area contributed by atoms with Crippen LogP contribution in [-0.4, -0.2) is 38.7 Å². The molecular weight excluding hydrogens is 330 g/mol. The standard InChI is InChI=1S/C15H15N5O3S/c1-8-3-4-10(23-2)9(5-8)18-11(21)6-24-15-19-13-12(14(22)20-15)16-7-17-13/h3-5,7H,6H2,1-2H3,(H,18,21)(H2,16,17,19,20,22). The number of rotatable bonds is 5. The van der Waals surface area contributed by atoms with Gasteiger partial charge in [0, 0.05) is 0 Å². The van der Waals surface area contributed by atoms with Crippen molar-refractivity contribution in [2.45, 2.75) is 12.1 Å². The highest BCUT2D eigenvalue weighted by Gasteiger charge is 2.11. The second-order valence-electron chi connectivity index (χ2n) is 5.01. The van der Waals surface area contributed by atoms with Gasteiger partial charge in [0.2, 0.25) is 5.91 Å². The number of aromatic amines is 2. The topological polar surface area (TPSA) is 113 Å². The summed E-state index contributed by atoms with van der Waals surface area (Å²) < 4.78 is 5.23. The van der Waals surface area contributed by atoms with Crippen LogP contribution in [0, 0.1) is 6.92 Å². The molecule has 24 heavy (non-hydrogen) atoms. The highest BCUT2D eigenvalue weighted by atomic mass is 32.2. The zero-order valence-electron chi connectivity index (χ0n) is 13.0. The Morgan fingerprint density at radius 1 is 1.42 bits per heavy atom. The summed E-state index contributed by atoms with van der Waals surface area (Å²) in [6.07, 6.45) is 1.40. The SMILES string of the molecule is COc1ccc(C)cc1NC(=O)CSc1nc2nc[nH]c2c(=O)[nH]1. The Labute approximate surface area is 141 Å². The Bertz CT molecular complexity index is 950. The zero-order valence-corrected chi connectivity index (χ0v) is 13.9. The summed E-state index contributed by atoms with van der Waals surface area (Å²) in [5.41, 5.74) is 1.93. The maximum Gasteiger partial charge on any atom is 0.277 e. The van der Waals surface area contributed by atoms with Crippen LogP contribution in [0.1, 0.15) is 5.56 Å². The number of ether oxygens (including phenoxy) is 1. The summed E-state index contributed by atoms with van der Waals surface area (Å²) in [4.78, 5) is 37.4. The van der Waals surface area contributed by atoms with Gasteiger partial charge in [-0.3, -0.25) is 14.6 Å². The number of methoxy groups -OCH3 is 1. The molecule has 0 aliphatic carbocycles. The molecule has 0 aliphatic heterocycles. The third-order valence-corrected chi connectivity index (χ3v) is 4.12. The molecule has 0 saturated heterocycles. The molecule has 8 nitrogen and oxygen atoms in total. The van der Waals surface area contributed by atoms with E-state index >= 15 is 0 Å². The molecule has 1 aromatic carbocycles. The molecule has 0 unspecified atom stereocenters. The maximum atomic E-state index is 12.1. The lowest BCUT2D eigenvalue weighted by Gasteiger charge is -2.10. The van der Waals surface area contributed by atoms with Crippen LogP contribution in [0.4, 0.5) is 5.69 Å².